The van der Waals surface area contributed by atoms with Gasteiger partial charge in [0, 0.05) is 34.7 Å². The number of thioether (sulfide) groups is 1. The number of carbonyl (C=O) groups excluding carboxylic acids is 1. The smallest absolute Gasteiger partial charge is 0.417 e. The van der Waals surface area contributed by atoms with Crippen LogP contribution in [0.3, 0.4) is 0 Å². The van der Waals surface area contributed by atoms with Crippen LogP contribution in [0.4, 0.5) is 13.2 Å². The molecule has 0 atom stereocenters. The standard InChI is InChI=1S/C20H16F3NO4S/c21-20(22,23)16-11-19(26)28-17-10-13(6-7-15(16)17)27-12-18(25)24-8-9-29-14-4-2-1-3-5-14/h1-7,10-11H,8-9,12H2,(H,24,25). The molecule has 0 bridgehead atoms. The SMILES string of the molecule is O=C(COc1ccc2c(C(F)(F)F)cc(=O)oc2c1)NCCSc1ccccc1. The third-order valence-corrected chi connectivity index (χ3v) is 4.84. The lowest BCUT2D eigenvalue weighted by Gasteiger charge is -2.11. The number of nitrogens with one attached hydrogen (secondary N) is 1. The number of benzene rings is 2. The van der Waals surface area contributed by atoms with Crippen molar-refractivity contribution in [1.82, 2.24) is 5.32 Å². The molecule has 29 heavy (non-hydrogen) atoms. The van der Waals surface area contributed by atoms with E-state index in [0.717, 1.165) is 17.0 Å². The number of alkyl halides is 3. The molecule has 0 fully saturated rings. The van der Waals surface area contributed by atoms with E-state index in [0.29, 0.717) is 18.4 Å². The van der Waals surface area contributed by atoms with Crippen molar-refractivity contribution in [2.75, 3.05) is 18.9 Å². The first-order valence-corrected chi connectivity index (χ1v) is 9.54. The summed E-state index contributed by atoms with van der Waals surface area (Å²) in [6.07, 6.45) is -4.69. The zero-order chi connectivity index (χ0) is 20.9. The summed E-state index contributed by atoms with van der Waals surface area (Å²) in [6.45, 7) is 0.119. The zero-order valence-corrected chi connectivity index (χ0v) is 15.8. The van der Waals surface area contributed by atoms with Crippen molar-refractivity contribution in [1.29, 1.82) is 0 Å². The summed E-state index contributed by atoms with van der Waals surface area (Å²) in [5.41, 5.74) is -2.46. The monoisotopic (exact) mass is 423 g/mol. The van der Waals surface area contributed by atoms with E-state index in [1.54, 1.807) is 11.8 Å². The molecule has 1 aromatic heterocycles. The van der Waals surface area contributed by atoms with E-state index in [1.165, 1.54) is 6.07 Å². The second-order valence-corrected chi connectivity index (χ2v) is 7.10. The quantitative estimate of drug-likeness (QED) is 0.352. The topological polar surface area (TPSA) is 68.5 Å². The third-order valence-electron chi connectivity index (χ3n) is 3.83. The summed E-state index contributed by atoms with van der Waals surface area (Å²) < 4.78 is 49.2. The van der Waals surface area contributed by atoms with Gasteiger partial charge in [0.1, 0.15) is 11.3 Å². The van der Waals surface area contributed by atoms with Crippen LogP contribution in [0.2, 0.25) is 0 Å². The second kappa shape index (κ2) is 9.04. The summed E-state index contributed by atoms with van der Waals surface area (Å²) in [6, 6.07) is 13.7. The average Bonchev–Trinajstić information content (AvgIpc) is 2.69. The fraction of sp³-hybridized carbons (Fsp3) is 0.200. The van der Waals surface area contributed by atoms with Crippen LogP contribution >= 0.6 is 11.8 Å². The molecule has 3 aromatic rings. The highest BCUT2D eigenvalue weighted by atomic mass is 32.2. The maximum atomic E-state index is 13.0. The number of fused-ring (bicyclic) bond motifs is 1. The van der Waals surface area contributed by atoms with Crippen LogP contribution in [0.1, 0.15) is 5.56 Å². The highest BCUT2D eigenvalue weighted by molar-refractivity contribution is 7.99. The summed E-state index contributed by atoms with van der Waals surface area (Å²) in [5, 5.41) is 2.43. The van der Waals surface area contributed by atoms with Crippen LogP contribution in [0.5, 0.6) is 5.75 Å². The number of halogens is 3. The molecule has 152 valence electrons. The molecule has 1 N–H and O–H groups in total. The van der Waals surface area contributed by atoms with Gasteiger partial charge >= 0.3 is 11.8 Å². The third kappa shape index (κ3) is 5.77. The van der Waals surface area contributed by atoms with Crippen molar-refractivity contribution in [3.05, 3.63) is 70.6 Å². The van der Waals surface area contributed by atoms with Gasteiger partial charge in [0.2, 0.25) is 0 Å². The van der Waals surface area contributed by atoms with Gasteiger partial charge in [-0.3, -0.25) is 4.79 Å². The molecule has 3 rings (SSSR count). The van der Waals surface area contributed by atoms with Gasteiger partial charge in [0.15, 0.2) is 6.61 Å². The van der Waals surface area contributed by atoms with E-state index in [1.807, 2.05) is 30.3 Å². The van der Waals surface area contributed by atoms with Crippen LogP contribution in [-0.4, -0.2) is 24.8 Å². The Morgan fingerprint density at radius 2 is 1.86 bits per heavy atom. The Morgan fingerprint density at radius 3 is 2.59 bits per heavy atom. The Labute approximate surface area is 167 Å². The number of hydrogen-bond acceptors (Lipinski definition) is 5. The number of amides is 1. The van der Waals surface area contributed by atoms with Crippen molar-refractivity contribution < 1.29 is 27.1 Å². The number of carbonyl (C=O) groups is 1. The molecule has 0 saturated heterocycles. The van der Waals surface area contributed by atoms with Gasteiger partial charge < -0.3 is 14.5 Å². The van der Waals surface area contributed by atoms with Crippen LogP contribution in [0, 0.1) is 0 Å². The fourth-order valence-electron chi connectivity index (χ4n) is 2.54. The van der Waals surface area contributed by atoms with E-state index >= 15 is 0 Å². The van der Waals surface area contributed by atoms with Gasteiger partial charge in [-0.1, -0.05) is 18.2 Å². The van der Waals surface area contributed by atoms with Crippen molar-refractivity contribution in [2.24, 2.45) is 0 Å². The summed E-state index contributed by atoms with van der Waals surface area (Å²) in [5.74, 6) is 0.426. The van der Waals surface area contributed by atoms with E-state index in [-0.39, 0.29) is 29.2 Å². The van der Waals surface area contributed by atoms with Crippen LogP contribution in [-0.2, 0) is 11.0 Å². The van der Waals surface area contributed by atoms with Crippen LogP contribution in [0.25, 0.3) is 11.0 Å². The van der Waals surface area contributed by atoms with Crippen molar-refractivity contribution in [3.63, 3.8) is 0 Å². The molecule has 0 aliphatic rings. The number of hydrogen-bond donors (Lipinski definition) is 1. The largest absolute Gasteiger partial charge is 0.484 e. The minimum absolute atomic E-state index is 0.119. The Bertz CT molecular complexity index is 1050. The zero-order valence-electron chi connectivity index (χ0n) is 15.0. The molecule has 1 heterocycles. The van der Waals surface area contributed by atoms with Gasteiger partial charge in [-0.15, -0.1) is 11.8 Å². The van der Waals surface area contributed by atoms with Crippen molar-refractivity contribution >= 4 is 28.6 Å². The second-order valence-electron chi connectivity index (χ2n) is 5.93. The first kappa shape index (κ1) is 20.8. The molecular formula is C20H16F3NO4S. The van der Waals surface area contributed by atoms with Gasteiger partial charge in [-0.2, -0.15) is 13.2 Å². The Balaban J connectivity index is 1.55. The molecule has 2 aromatic carbocycles. The molecule has 0 unspecified atom stereocenters. The lowest BCUT2D eigenvalue weighted by atomic mass is 10.1. The van der Waals surface area contributed by atoms with Crippen molar-refractivity contribution in [2.45, 2.75) is 11.1 Å². The van der Waals surface area contributed by atoms with E-state index < -0.39 is 17.4 Å². The van der Waals surface area contributed by atoms with Gasteiger partial charge in [0.05, 0.1) is 5.56 Å². The summed E-state index contributed by atoms with van der Waals surface area (Å²) >= 11 is 1.59. The number of rotatable bonds is 7. The molecule has 0 saturated carbocycles. The Morgan fingerprint density at radius 1 is 1.10 bits per heavy atom. The summed E-state index contributed by atoms with van der Waals surface area (Å²) in [7, 11) is 0. The minimum atomic E-state index is -4.69. The van der Waals surface area contributed by atoms with Gasteiger partial charge in [-0.05, 0) is 24.3 Å². The molecule has 0 radical (unpaired) electrons. The highest BCUT2D eigenvalue weighted by Crippen LogP contribution is 2.34. The molecule has 0 aliphatic carbocycles. The van der Waals surface area contributed by atoms with Crippen molar-refractivity contribution in [3.8, 4) is 5.75 Å². The van der Waals surface area contributed by atoms with Crippen LogP contribution in [0.15, 0.2) is 68.7 Å². The van der Waals surface area contributed by atoms with Gasteiger partial charge in [-0.25, -0.2) is 4.79 Å². The molecule has 0 spiro atoms. The Hall–Kier alpha value is -2.94. The van der Waals surface area contributed by atoms with E-state index in [9.17, 15) is 22.8 Å². The lowest BCUT2D eigenvalue weighted by Crippen LogP contribution is -2.30. The summed E-state index contributed by atoms with van der Waals surface area (Å²) in [4.78, 5) is 24.4. The molecule has 0 aliphatic heterocycles. The van der Waals surface area contributed by atoms with E-state index in [4.69, 9.17) is 9.15 Å². The lowest BCUT2D eigenvalue weighted by molar-refractivity contribution is -0.136. The minimum Gasteiger partial charge on any atom is -0.484 e. The maximum Gasteiger partial charge on any atom is 0.417 e. The predicted molar refractivity (Wildman–Crippen MR) is 103 cm³/mol. The highest BCUT2D eigenvalue weighted by Gasteiger charge is 2.33. The predicted octanol–water partition coefficient (Wildman–Crippen LogP) is 4.10. The molecular weight excluding hydrogens is 407 g/mol. The van der Waals surface area contributed by atoms with Gasteiger partial charge in [0.25, 0.3) is 5.91 Å². The fourth-order valence-corrected chi connectivity index (χ4v) is 3.33. The van der Waals surface area contributed by atoms with E-state index in [2.05, 4.69) is 5.32 Å². The normalized spacial score (nSPS) is 11.4. The maximum absolute atomic E-state index is 13.0. The first-order valence-electron chi connectivity index (χ1n) is 8.55. The first-order chi connectivity index (χ1) is 13.8. The number of ether oxygens (including phenoxy) is 1. The molecule has 1 amide bonds. The molecule has 5 nitrogen and oxygen atoms in total. The average molecular weight is 423 g/mol. The Kier molecular flexibility index (Phi) is 6.48. The molecule has 9 heteroatoms. The van der Waals surface area contributed by atoms with Crippen LogP contribution < -0.4 is 15.7 Å².